The Morgan fingerprint density at radius 2 is 1.62 bits per heavy atom. The molecule has 2 aromatic rings. The Hall–Kier alpha value is -3.17. The smallest absolute Gasteiger partial charge is 0.244 e. The third-order valence-electron chi connectivity index (χ3n) is 6.05. The van der Waals surface area contributed by atoms with Crippen molar-refractivity contribution in [3.63, 3.8) is 0 Å². The molecule has 1 aliphatic rings. The van der Waals surface area contributed by atoms with Crippen molar-refractivity contribution in [1.29, 1.82) is 5.26 Å². The second-order valence-electron chi connectivity index (χ2n) is 8.17. The van der Waals surface area contributed by atoms with Crippen LogP contribution in [0.3, 0.4) is 0 Å². The Morgan fingerprint density at radius 1 is 1.00 bits per heavy atom. The highest BCUT2D eigenvalue weighted by Crippen LogP contribution is 2.18. The molecule has 1 heterocycles. The number of rotatable bonds is 9. The van der Waals surface area contributed by atoms with Crippen LogP contribution in [-0.2, 0) is 16.0 Å². The zero-order chi connectivity index (χ0) is 22.8. The lowest BCUT2D eigenvalue weighted by Crippen LogP contribution is -2.55. The van der Waals surface area contributed by atoms with Crippen molar-refractivity contribution < 1.29 is 9.59 Å². The maximum absolute atomic E-state index is 13.2. The van der Waals surface area contributed by atoms with Gasteiger partial charge in [-0.1, -0.05) is 48.5 Å². The summed E-state index contributed by atoms with van der Waals surface area (Å²) in [5, 5.41) is 9.00. The summed E-state index contributed by atoms with van der Waals surface area (Å²) < 4.78 is 0. The Kier molecular flexibility index (Phi) is 8.82. The van der Waals surface area contributed by atoms with Crippen LogP contribution in [0.5, 0.6) is 0 Å². The molecular weight excluding hydrogens is 400 g/mol. The van der Waals surface area contributed by atoms with E-state index in [-0.39, 0.29) is 17.9 Å². The van der Waals surface area contributed by atoms with E-state index in [1.165, 1.54) is 5.56 Å². The quantitative estimate of drug-likeness (QED) is 0.608. The molecule has 0 N–H and O–H groups in total. The molecular formula is C26H32N4O2. The minimum Gasteiger partial charge on any atom is -0.340 e. The number of nitrogens with zero attached hydrogens (tertiary/aromatic N) is 4. The highest BCUT2D eigenvalue weighted by Gasteiger charge is 2.30. The summed E-state index contributed by atoms with van der Waals surface area (Å²) >= 11 is 0. The normalized spacial score (nSPS) is 15.1. The van der Waals surface area contributed by atoms with E-state index < -0.39 is 0 Å². The Bertz CT molecular complexity index is 902. The van der Waals surface area contributed by atoms with E-state index in [0.717, 1.165) is 18.5 Å². The molecule has 0 saturated carbocycles. The molecule has 1 fully saturated rings. The Morgan fingerprint density at radius 3 is 2.25 bits per heavy atom. The molecule has 2 amide bonds. The number of piperazine rings is 1. The number of amides is 2. The van der Waals surface area contributed by atoms with Crippen molar-refractivity contribution >= 4 is 17.5 Å². The van der Waals surface area contributed by atoms with Gasteiger partial charge in [0, 0.05) is 44.8 Å². The van der Waals surface area contributed by atoms with Crippen LogP contribution in [0.1, 0.15) is 31.7 Å². The van der Waals surface area contributed by atoms with E-state index >= 15 is 0 Å². The zero-order valence-electron chi connectivity index (χ0n) is 18.8. The topological polar surface area (TPSA) is 67.7 Å². The van der Waals surface area contributed by atoms with Crippen LogP contribution in [0, 0.1) is 11.3 Å². The molecule has 1 aliphatic heterocycles. The second kappa shape index (κ2) is 12.0. The van der Waals surface area contributed by atoms with Crippen LogP contribution in [0.15, 0.2) is 60.7 Å². The largest absolute Gasteiger partial charge is 0.340 e. The number of carbonyl (C=O) groups excluding carboxylic acids is 2. The number of carbonyl (C=O) groups is 2. The number of aryl methyl sites for hydroxylation is 1. The minimum atomic E-state index is -0.302. The van der Waals surface area contributed by atoms with Gasteiger partial charge in [0.1, 0.15) is 0 Å². The predicted molar refractivity (Wildman–Crippen MR) is 126 cm³/mol. The molecule has 1 unspecified atom stereocenters. The van der Waals surface area contributed by atoms with E-state index in [1.807, 2.05) is 60.4 Å². The van der Waals surface area contributed by atoms with Crippen molar-refractivity contribution in [2.24, 2.45) is 0 Å². The van der Waals surface area contributed by atoms with Crippen molar-refractivity contribution in [3.05, 3.63) is 66.2 Å². The summed E-state index contributed by atoms with van der Waals surface area (Å²) in [5.41, 5.74) is 2.07. The molecule has 0 spiro atoms. The first-order chi connectivity index (χ1) is 15.6. The minimum absolute atomic E-state index is 0.00547. The van der Waals surface area contributed by atoms with Gasteiger partial charge < -0.3 is 9.80 Å². The lowest BCUT2D eigenvalue weighted by Gasteiger charge is -2.39. The summed E-state index contributed by atoms with van der Waals surface area (Å²) in [5.74, 6) is 0.189. The third kappa shape index (κ3) is 6.41. The maximum Gasteiger partial charge on any atom is 0.244 e. The summed E-state index contributed by atoms with van der Waals surface area (Å²) in [4.78, 5) is 31.6. The number of nitriles is 1. The molecule has 0 bridgehead atoms. The molecule has 2 aromatic carbocycles. The van der Waals surface area contributed by atoms with Crippen molar-refractivity contribution in [1.82, 2.24) is 9.80 Å². The number of para-hydroxylation sites is 1. The number of benzene rings is 2. The number of anilines is 1. The van der Waals surface area contributed by atoms with Crippen molar-refractivity contribution in [2.45, 2.75) is 38.6 Å². The molecule has 6 heteroatoms. The maximum atomic E-state index is 13.2. The zero-order valence-corrected chi connectivity index (χ0v) is 18.8. The fourth-order valence-electron chi connectivity index (χ4n) is 4.12. The van der Waals surface area contributed by atoms with E-state index in [0.29, 0.717) is 45.6 Å². The first-order valence-corrected chi connectivity index (χ1v) is 11.4. The summed E-state index contributed by atoms with van der Waals surface area (Å²) in [7, 11) is 0. The molecule has 168 valence electrons. The van der Waals surface area contributed by atoms with Gasteiger partial charge in [-0.25, -0.2) is 0 Å². The van der Waals surface area contributed by atoms with Gasteiger partial charge in [0.2, 0.25) is 11.8 Å². The van der Waals surface area contributed by atoms with Gasteiger partial charge in [0.15, 0.2) is 0 Å². The number of hydrogen-bond acceptors (Lipinski definition) is 4. The average molecular weight is 433 g/mol. The van der Waals surface area contributed by atoms with Crippen LogP contribution >= 0.6 is 0 Å². The van der Waals surface area contributed by atoms with Crippen LogP contribution in [0.4, 0.5) is 5.69 Å². The second-order valence-corrected chi connectivity index (χ2v) is 8.17. The van der Waals surface area contributed by atoms with E-state index in [2.05, 4.69) is 23.1 Å². The molecule has 1 atom stereocenters. The van der Waals surface area contributed by atoms with Gasteiger partial charge in [0.05, 0.1) is 18.5 Å². The first kappa shape index (κ1) is 23.5. The van der Waals surface area contributed by atoms with Gasteiger partial charge in [-0.15, -0.1) is 0 Å². The van der Waals surface area contributed by atoms with Gasteiger partial charge in [-0.3, -0.25) is 14.5 Å². The lowest BCUT2D eigenvalue weighted by molar-refractivity contribution is -0.134. The molecule has 1 saturated heterocycles. The highest BCUT2D eigenvalue weighted by molar-refractivity contribution is 5.97. The van der Waals surface area contributed by atoms with Gasteiger partial charge >= 0.3 is 0 Å². The highest BCUT2D eigenvalue weighted by atomic mass is 16.2. The summed E-state index contributed by atoms with van der Waals surface area (Å²) in [6.45, 7) is 4.94. The van der Waals surface area contributed by atoms with Crippen LogP contribution in [-0.4, -0.2) is 60.4 Å². The van der Waals surface area contributed by atoms with Crippen LogP contribution in [0.2, 0.25) is 0 Å². The van der Waals surface area contributed by atoms with E-state index in [4.69, 9.17) is 5.26 Å². The van der Waals surface area contributed by atoms with Crippen molar-refractivity contribution in [3.8, 4) is 6.07 Å². The Labute approximate surface area is 191 Å². The average Bonchev–Trinajstić information content (AvgIpc) is 2.85. The third-order valence-corrected chi connectivity index (χ3v) is 6.05. The van der Waals surface area contributed by atoms with Gasteiger partial charge in [-0.05, 0) is 37.5 Å². The molecule has 0 radical (unpaired) electrons. The van der Waals surface area contributed by atoms with Crippen molar-refractivity contribution in [2.75, 3.05) is 37.6 Å². The lowest BCUT2D eigenvalue weighted by atomic mass is 10.1. The van der Waals surface area contributed by atoms with Gasteiger partial charge in [0.25, 0.3) is 0 Å². The fourth-order valence-corrected chi connectivity index (χ4v) is 4.12. The van der Waals surface area contributed by atoms with E-state index in [1.54, 1.807) is 4.90 Å². The standard InChI is InChI=1S/C26H32N4O2/c1-22(26(32)30(17-9-16-27)24-13-6-3-7-14-24)28-18-20-29(21-19-28)25(31)15-8-12-23-10-4-2-5-11-23/h2-7,10-11,13-14,22H,8-9,12,15,17-21H2,1H3. The SMILES string of the molecule is CC(C(=O)N(CCC#N)c1ccccc1)N1CCN(C(=O)CCCc2ccccc2)CC1. The molecule has 3 rings (SSSR count). The van der Waals surface area contributed by atoms with E-state index in [9.17, 15) is 9.59 Å². The van der Waals surface area contributed by atoms with Crippen LogP contribution in [0.25, 0.3) is 0 Å². The monoisotopic (exact) mass is 432 g/mol. The first-order valence-electron chi connectivity index (χ1n) is 11.4. The fraction of sp³-hybridized carbons (Fsp3) is 0.423. The molecule has 32 heavy (non-hydrogen) atoms. The molecule has 6 nitrogen and oxygen atoms in total. The summed E-state index contributed by atoms with van der Waals surface area (Å²) in [6, 6.07) is 21.6. The van der Waals surface area contributed by atoms with Gasteiger partial charge in [-0.2, -0.15) is 5.26 Å². The summed E-state index contributed by atoms with van der Waals surface area (Å²) in [6.07, 6.45) is 2.61. The molecule has 0 aromatic heterocycles. The number of hydrogen-bond donors (Lipinski definition) is 0. The molecule has 0 aliphatic carbocycles. The predicted octanol–water partition coefficient (Wildman–Crippen LogP) is 3.49. The van der Waals surface area contributed by atoms with Crippen LogP contribution < -0.4 is 4.90 Å². The Balaban J connectivity index is 1.49.